The maximum absolute atomic E-state index is 5.36. The summed E-state index contributed by atoms with van der Waals surface area (Å²) in [5, 5.41) is 13.7. The Bertz CT molecular complexity index is 1180. The zero-order valence-electron chi connectivity index (χ0n) is 14.6. The molecule has 0 aliphatic carbocycles. The number of para-hydroxylation sites is 1. The van der Waals surface area contributed by atoms with Gasteiger partial charge in [0.1, 0.15) is 5.52 Å². The summed E-state index contributed by atoms with van der Waals surface area (Å²) in [4.78, 5) is 4.59. The van der Waals surface area contributed by atoms with Crippen LogP contribution in [0.15, 0.2) is 47.6 Å². The minimum Gasteiger partial charge on any atom is -0.454 e. The predicted molar refractivity (Wildman–Crippen MR) is 102 cm³/mol. The number of benzene rings is 2. The summed E-state index contributed by atoms with van der Waals surface area (Å²) < 4.78 is 12.8. The second-order valence-electron chi connectivity index (χ2n) is 6.05. The third-order valence-corrected chi connectivity index (χ3v) is 4.46. The third-order valence-electron chi connectivity index (χ3n) is 4.46. The van der Waals surface area contributed by atoms with Crippen molar-refractivity contribution in [2.24, 2.45) is 5.10 Å². The number of hydrazone groups is 1. The molecule has 1 aliphatic rings. The molecule has 3 heterocycles. The second kappa shape index (κ2) is 6.24. The van der Waals surface area contributed by atoms with Crippen LogP contribution in [-0.4, -0.2) is 32.8 Å². The van der Waals surface area contributed by atoms with Gasteiger partial charge >= 0.3 is 0 Å². The summed E-state index contributed by atoms with van der Waals surface area (Å²) in [7, 11) is 0. The van der Waals surface area contributed by atoms with Gasteiger partial charge in [0.15, 0.2) is 17.1 Å². The van der Waals surface area contributed by atoms with Gasteiger partial charge in [-0.15, -0.1) is 10.2 Å². The SMILES string of the molecule is CCn1c2ccccc2c2nnc(N/N=C/c3ccc4c(c3)OCO4)nc21. The summed E-state index contributed by atoms with van der Waals surface area (Å²) in [6.45, 7) is 3.13. The maximum atomic E-state index is 5.36. The molecule has 1 aliphatic heterocycles. The zero-order valence-corrected chi connectivity index (χ0v) is 14.6. The lowest BCUT2D eigenvalue weighted by Gasteiger charge is -2.02. The van der Waals surface area contributed by atoms with E-state index in [1.165, 1.54) is 0 Å². The summed E-state index contributed by atoms with van der Waals surface area (Å²) in [5.74, 6) is 1.80. The van der Waals surface area contributed by atoms with E-state index >= 15 is 0 Å². The number of hydrogen-bond acceptors (Lipinski definition) is 7. The standard InChI is InChI=1S/C19H16N6O2/c1-2-25-14-6-4-3-5-13(14)17-18(25)21-19(24-22-17)23-20-10-12-7-8-15-16(9-12)27-11-26-15/h3-10H,2,11H2,1H3,(H,21,23,24)/b20-10+. The number of nitrogens with zero attached hydrogens (tertiary/aromatic N) is 5. The van der Waals surface area contributed by atoms with Gasteiger partial charge in [-0.05, 0) is 36.8 Å². The van der Waals surface area contributed by atoms with Crippen LogP contribution in [0.25, 0.3) is 22.1 Å². The van der Waals surface area contributed by atoms with Crippen molar-refractivity contribution in [2.75, 3.05) is 12.2 Å². The van der Waals surface area contributed by atoms with Crippen molar-refractivity contribution in [1.29, 1.82) is 0 Å². The van der Waals surface area contributed by atoms with Gasteiger partial charge in [0.2, 0.25) is 6.79 Å². The van der Waals surface area contributed by atoms with Gasteiger partial charge in [0, 0.05) is 11.9 Å². The van der Waals surface area contributed by atoms with E-state index < -0.39 is 0 Å². The Hall–Kier alpha value is -3.68. The van der Waals surface area contributed by atoms with Gasteiger partial charge in [-0.3, -0.25) is 0 Å². The minimum absolute atomic E-state index is 0.249. The van der Waals surface area contributed by atoms with Crippen LogP contribution in [0.4, 0.5) is 5.95 Å². The first-order chi connectivity index (χ1) is 13.3. The first-order valence-corrected chi connectivity index (χ1v) is 8.64. The number of anilines is 1. The van der Waals surface area contributed by atoms with Crippen LogP contribution in [-0.2, 0) is 6.54 Å². The molecule has 1 N–H and O–H groups in total. The van der Waals surface area contributed by atoms with E-state index in [0.29, 0.717) is 11.7 Å². The molecule has 2 aromatic carbocycles. The average molecular weight is 360 g/mol. The molecule has 0 bridgehead atoms. The number of aromatic nitrogens is 4. The van der Waals surface area contributed by atoms with Crippen molar-refractivity contribution in [3.8, 4) is 11.5 Å². The van der Waals surface area contributed by atoms with E-state index in [9.17, 15) is 0 Å². The Morgan fingerprint density at radius 3 is 2.96 bits per heavy atom. The van der Waals surface area contributed by atoms with Crippen molar-refractivity contribution in [2.45, 2.75) is 13.5 Å². The number of nitrogens with one attached hydrogen (secondary N) is 1. The Labute approximate surface area is 154 Å². The molecule has 8 nitrogen and oxygen atoms in total. The molecule has 0 fully saturated rings. The molecule has 0 spiro atoms. The molecule has 0 unspecified atom stereocenters. The van der Waals surface area contributed by atoms with E-state index in [1.807, 2.05) is 36.4 Å². The second-order valence-corrected chi connectivity index (χ2v) is 6.05. The van der Waals surface area contributed by atoms with Crippen LogP contribution in [0.2, 0.25) is 0 Å². The molecule has 0 atom stereocenters. The monoisotopic (exact) mass is 360 g/mol. The van der Waals surface area contributed by atoms with E-state index in [-0.39, 0.29) is 6.79 Å². The Kier molecular flexibility index (Phi) is 3.60. The van der Waals surface area contributed by atoms with Gasteiger partial charge in [-0.1, -0.05) is 18.2 Å². The highest BCUT2D eigenvalue weighted by molar-refractivity contribution is 6.04. The van der Waals surface area contributed by atoms with Gasteiger partial charge in [0.05, 0.1) is 11.7 Å². The molecule has 0 saturated heterocycles. The van der Waals surface area contributed by atoms with Gasteiger partial charge in [0.25, 0.3) is 5.95 Å². The van der Waals surface area contributed by atoms with Crippen molar-refractivity contribution >= 4 is 34.2 Å². The number of ether oxygens (including phenoxy) is 2. The Balaban J connectivity index is 1.44. The summed E-state index contributed by atoms with van der Waals surface area (Å²) in [5.41, 5.74) is 6.40. The highest BCUT2D eigenvalue weighted by Crippen LogP contribution is 2.32. The van der Waals surface area contributed by atoms with Gasteiger partial charge in [-0.25, -0.2) is 5.43 Å². The zero-order chi connectivity index (χ0) is 18.2. The van der Waals surface area contributed by atoms with E-state index in [2.05, 4.69) is 43.3 Å². The van der Waals surface area contributed by atoms with Crippen molar-refractivity contribution in [1.82, 2.24) is 19.7 Å². The molecule has 2 aromatic heterocycles. The summed E-state index contributed by atoms with van der Waals surface area (Å²) in [6.07, 6.45) is 1.67. The van der Waals surface area contributed by atoms with Crippen molar-refractivity contribution in [3.05, 3.63) is 48.0 Å². The number of rotatable bonds is 4. The van der Waals surface area contributed by atoms with Crippen LogP contribution in [0, 0.1) is 0 Å². The first kappa shape index (κ1) is 15.6. The molecule has 27 heavy (non-hydrogen) atoms. The molecule has 5 rings (SSSR count). The molecule has 8 heteroatoms. The lowest BCUT2D eigenvalue weighted by molar-refractivity contribution is 0.174. The average Bonchev–Trinajstić information content (AvgIpc) is 3.29. The molecular formula is C19H16N6O2. The molecule has 134 valence electrons. The summed E-state index contributed by atoms with van der Waals surface area (Å²) >= 11 is 0. The molecular weight excluding hydrogens is 344 g/mol. The molecule has 0 radical (unpaired) electrons. The van der Waals surface area contributed by atoms with Crippen LogP contribution in [0.1, 0.15) is 12.5 Å². The summed E-state index contributed by atoms with van der Waals surface area (Å²) in [6, 6.07) is 13.7. The largest absolute Gasteiger partial charge is 0.454 e. The lowest BCUT2D eigenvalue weighted by atomic mass is 10.2. The van der Waals surface area contributed by atoms with Crippen LogP contribution in [0.5, 0.6) is 11.5 Å². The van der Waals surface area contributed by atoms with Crippen LogP contribution in [0.3, 0.4) is 0 Å². The highest BCUT2D eigenvalue weighted by Gasteiger charge is 2.14. The van der Waals surface area contributed by atoms with Crippen LogP contribution < -0.4 is 14.9 Å². The third kappa shape index (κ3) is 2.62. The van der Waals surface area contributed by atoms with E-state index in [4.69, 9.17) is 9.47 Å². The lowest BCUT2D eigenvalue weighted by Crippen LogP contribution is -2.02. The Morgan fingerprint density at radius 1 is 1.15 bits per heavy atom. The number of fused-ring (bicyclic) bond motifs is 4. The topological polar surface area (TPSA) is 86.5 Å². The Morgan fingerprint density at radius 2 is 2.04 bits per heavy atom. The highest BCUT2D eigenvalue weighted by atomic mass is 16.7. The number of aryl methyl sites for hydroxylation is 1. The fourth-order valence-electron chi connectivity index (χ4n) is 3.23. The normalized spacial score (nSPS) is 13.1. The van der Waals surface area contributed by atoms with Crippen molar-refractivity contribution in [3.63, 3.8) is 0 Å². The maximum Gasteiger partial charge on any atom is 0.265 e. The smallest absolute Gasteiger partial charge is 0.265 e. The minimum atomic E-state index is 0.249. The fraction of sp³-hybridized carbons (Fsp3) is 0.158. The van der Waals surface area contributed by atoms with E-state index in [0.717, 1.165) is 39.9 Å². The molecule has 4 aromatic rings. The van der Waals surface area contributed by atoms with Gasteiger partial charge in [-0.2, -0.15) is 10.1 Å². The fourth-order valence-corrected chi connectivity index (χ4v) is 3.23. The predicted octanol–water partition coefficient (Wildman–Crippen LogP) is 3.17. The van der Waals surface area contributed by atoms with Crippen molar-refractivity contribution < 1.29 is 9.47 Å². The quantitative estimate of drug-likeness (QED) is 0.444. The van der Waals surface area contributed by atoms with Crippen LogP contribution >= 0.6 is 0 Å². The van der Waals surface area contributed by atoms with Gasteiger partial charge < -0.3 is 14.0 Å². The number of hydrogen-bond donors (Lipinski definition) is 1. The molecule has 0 saturated carbocycles. The van der Waals surface area contributed by atoms with E-state index in [1.54, 1.807) is 6.21 Å². The first-order valence-electron chi connectivity index (χ1n) is 8.64. The molecule has 0 amide bonds.